The van der Waals surface area contributed by atoms with Crippen molar-refractivity contribution in [3.05, 3.63) is 90.0 Å². The van der Waals surface area contributed by atoms with E-state index in [0.29, 0.717) is 49.8 Å². The normalized spacial score (nSPS) is 13.4. The van der Waals surface area contributed by atoms with Crippen molar-refractivity contribution in [3.8, 4) is 11.5 Å². The Morgan fingerprint density at radius 1 is 0.818 bits per heavy atom. The number of benzene rings is 3. The molecular weight excluding hydrogens is 418 g/mol. The van der Waals surface area contributed by atoms with Gasteiger partial charge in [-0.05, 0) is 42.0 Å². The summed E-state index contributed by atoms with van der Waals surface area (Å²) < 4.78 is 11.1. The topological polar surface area (TPSA) is 71.1 Å². The van der Waals surface area contributed by atoms with Crippen LogP contribution in [0.1, 0.15) is 15.9 Å². The van der Waals surface area contributed by atoms with Crippen molar-refractivity contribution in [3.63, 3.8) is 0 Å². The summed E-state index contributed by atoms with van der Waals surface area (Å²) in [7, 11) is 1.55. The Labute approximate surface area is 193 Å². The van der Waals surface area contributed by atoms with Crippen molar-refractivity contribution in [1.82, 2.24) is 9.80 Å². The Morgan fingerprint density at radius 2 is 1.45 bits per heavy atom. The Kier molecular flexibility index (Phi) is 7.09. The van der Waals surface area contributed by atoms with Gasteiger partial charge in [-0.15, -0.1) is 0 Å². The lowest BCUT2D eigenvalue weighted by atomic mass is 10.1. The monoisotopic (exact) mass is 445 g/mol. The van der Waals surface area contributed by atoms with E-state index in [1.165, 1.54) is 0 Å². The minimum Gasteiger partial charge on any atom is -0.496 e. The minimum absolute atomic E-state index is 0.0846. The first-order valence-electron chi connectivity index (χ1n) is 10.9. The van der Waals surface area contributed by atoms with Gasteiger partial charge in [-0.3, -0.25) is 4.79 Å². The van der Waals surface area contributed by atoms with Crippen molar-refractivity contribution in [1.29, 1.82) is 0 Å². The summed E-state index contributed by atoms with van der Waals surface area (Å²) in [4.78, 5) is 29.0. The van der Waals surface area contributed by atoms with E-state index in [1.54, 1.807) is 29.0 Å². The standard InChI is InChI=1S/C26H27N3O4/c1-32-24-10-6-5-9-23(24)25(30)28-15-17-29(18-16-28)26(31)27-21-11-13-22(14-12-21)33-19-20-7-3-2-4-8-20/h2-14H,15-19H2,1H3,(H,27,31). The summed E-state index contributed by atoms with van der Waals surface area (Å²) in [5.74, 6) is 1.21. The van der Waals surface area contributed by atoms with Crippen LogP contribution < -0.4 is 14.8 Å². The van der Waals surface area contributed by atoms with Gasteiger partial charge in [0.2, 0.25) is 0 Å². The molecule has 1 aliphatic rings. The average Bonchev–Trinajstić information content (AvgIpc) is 2.88. The molecule has 0 aliphatic carbocycles. The third-order valence-corrected chi connectivity index (χ3v) is 5.55. The maximum Gasteiger partial charge on any atom is 0.321 e. The third-order valence-electron chi connectivity index (χ3n) is 5.55. The molecule has 170 valence electrons. The van der Waals surface area contributed by atoms with Gasteiger partial charge >= 0.3 is 6.03 Å². The quantitative estimate of drug-likeness (QED) is 0.615. The summed E-state index contributed by atoms with van der Waals surface area (Å²) in [6.07, 6.45) is 0. The number of anilines is 1. The third kappa shape index (κ3) is 5.63. The smallest absolute Gasteiger partial charge is 0.321 e. The second kappa shape index (κ2) is 10.5. The fraction of sp³-hybridized carbons (Fsp3) is 0.231. The highest BCUT2D eigenvalue weighted by Gasteiger charge is 2.26. The SMILES string of the molecule is COc1ccccc1C(=O)N1CCN(C(=O)Nc2ccc(OCc3ccccc3)cc2)CC1. The van der Waals surface area contributed by atoms with Crippen LogP contribution in [0, 0.1) is 0 Å². The highest BCUT2D eigenvalue weighted by molar-refractivity contribution is 5.97. The lowest BCUT2D eigenvalue weighted by Crippen LogP contribution is -2.51. The fourth-order valence-corrected chi connectivity index (χ4v) is 3.68. The maximum atomic E-state index is 12.8. The molecule has 0 spiro atoms. The van der Waals surface area contributed by atoms with Gasteiger partial charge in [-0.25, -0.2) is 4.79 Å². The van der Waals surface area contributed by atoms with E-state index in [2.05, 4.69) is 5.32 Å². The summed E-state index contributed by atoms with van der Waals surface area (Å²) >= 11 is 0. The molecule has 33 heavy (non-hydrogen) atoms. The molecule has 1 fully saturated rings. The van der Waals surface area contributed by atoms with E-state index in [0.717, 1.165) is 11.3 Å². The molecule has 0 saturated carbocycles. The van der Waals surface area contributed by atoms with Crippen molar-refractivity contribution < 1.29 is 19.1 Å². The first-order valence-corrected chi connectivity index (χ1v) is 10.9. The van der Waals surface area contributed by atoms with Gasteiger partial charge in [-0.2, -0.15) is 0 Å². The molecule has 7 nitrogen and oxygen atoms in total. The first kappa shape index (κ1) is 22.2. The molecule has 3 amide bonds. The van der Waals surface area contributed by atoms with E-state index < -0.39 is 0 Å². The van der Waals surface area contributed by atoms with Crippen LogP contribution in [0.15, 0.2) is 78.9 Å². The van der Waals surface area contributed by atoms with Crippen molar-refractivity contribution >= 4 is 17.6 Å². The second-order valence-electron chi connectivity index (χ2n) is 7.71. The van der Waals surface area contributed by atoms with Crippen LogP contribution in [0.3, 0.4) is 0 Å². The van der Waals surface area contributed by atoms with E-state index in [-0.39, 0.29) is 11.9 Å². The number of carbonyl (C=O) groups excluding carboxylic acids is 2. The molecular formula is C26H27N3O4. The fourth-order valence-electron chi connectivity index (χ4n) is 3.68. The van der Waals surface area contributed by atoms with E-state index in [9.17, 15) is 9.59 Å². The Hall–Kier alpha value is -4.00. The van der Waals surface area contributed by atoms with Crippen molar-refractivity contribution in [2.45, 2.75) is 6.61 Å². The maximum absolute atomic E-state index is 12.8. The number of methoxy groups -OCH3 is 1. The second-order valence-corrected chi connectivity index (χ2v) is 7.71. The predicted molar refractivity (Wildman–Crippen MR) is 127 cm³/mol. The molecule has 7 heteroatoms. The number of amides is 3. The first-order chi connectivity index (χ1) is 16.1. The van der Waals surface area contributed by atoms with E-state index in [4.69, 9.17) is 9.47 Å². The Bertz CT molecular complexity index is 1080. The number of hydrogen-bond acceptors (Lipinski definition) is 4. The largest absolute Gasteiger partial charge is 0.496 e. The van der Waals surface area contributed by atoms with E-state index in [1.807, 2.05) is 66.7 Å². The van der Waals surface area contributed by atoms with Gasteiger partial charge in [0.25, 0.3) is 5.91 Å². The van der Waals surface area contributed by atoms with Crippen molar-refractivity contribution in [2.75, 3.05) is 38.6 Å². The molecule has 0 aromatic heterocycles. The van der Waals surface area contributed by atoms with Gasteiger partial charge in [0.1, 0.15) is 18.1 Å². The molecule has 1 heterocycles. The van der Waals surface area contributed by atoms with Gasteiger partial charge < -0.3 is 24.6 Å². The van der Waals surface area contributed by atoms with Gasteiger partial charge in [-0.1, -0.05) is 42.5 Å². The zero-order chi connectivity index (χ0) is 23.0. The summed E-state index contributed by atoms with van der Waals surface area (Å²) in [6.45, 7) is 2.35. The van der Waals surface area contributed by atoms with Crippen LogP contribution in [-0.2, 0) is 6.61 Å². The molecule has 0 bridgehead atoms. The number of urea groups is 1. The Morgan fingerprint density at radius 3 is 2.15 bits per heavy atom. The number of piperazine rings is 1. The number of rotatable bonds is 6. The summed E-state index contributed by atoms with van der Waals surface area (Å²) in [5.41, 5.74) is 2.32. The lowest BCUT2D eigenvalue weighted by Gasteiger charge is -2.35. The van der Waals surface area contributed by atoms with Gasteiger partial charge in [0.15, 0.2) is 0 Å². The summed E-state index contributed by atoms with van der Waals surface area (Å²) in [6, 6.07) is 24.3. The van der Waals surface area contributed by atoms with Crippen LogP contribution in [-0.4, -0.2) is 55.0 Å². The van der Waals surface area contributed by atoms with Crippen LogP contribution >= 0.6 is 0 Å². The average molecular weight is 446 g/mol. The number of hydrogen-bond donors (Lipinski definition) is 1. The lowest BCUT2D eigenvalue weighted by molar-refractivity contribution is 0.0668. The highest BCUT2D eigenvalue weighted by atomic mass is 16.5. The van der Waals surface area contributed by atoms with Crippen molar-refractivity contribution in [2.24, 2.45) is 0 Å². The number of nitrogens with zero attached hydrogens (tertiary/aromatic N) is 2. The molecule has 1 N–H and O–H groups in total. The number of para-hydroxylation sites is 1. The van der Waals surface area contributed by atoms with Gasteiger partial charge in [0.05, 0.1) is 12.7 Å². The number of ether oxygens (including phenoxy) is 2. The van der Waals surface area contributed by atoms with Crippen LogP contribution in [0.25, 0.3) is 0 Å². The Balaban J connectivity index is 1.26. The number of carbonyl (C=O) groups is 2. The predicted octanol–water partition coefficient (Wildman–Crippen LogP) is 4.26. The molecule has 3 aromatic carbocycles. The highest BCUT2D eigenvalue weighted by Crippen LogP contribution is 2.21. The molecule has 0 radical (unpaired) electrons. The number of nitrogens with one attached hydrogen (secondary N) is 1. The van der Waals surface area contributed by atoms with Crippen LogP contribution in [0.4, 0.5) is 10.5 Å². The zero-order valence-electron chi connectivity index (χ0n) is 18.6. The molecule has 1 aliphatic heterocycles. The minimum atomic E-state index is -0.183. The molecule has 3 aromatic rings. The van der Waals surface area contributed by atoms with Crippen LogP contribution in [0.2, 0.25) is 0 Å². The molecule has 0 atom stereocenters. The molecule has 4 rings (SSSR count). The molecule has 1 saturated heterocycles. The van der Waals surface area contributed by atoms with Gasteiger partial charge in [0, 0.05) is 31.9 Å². The van der Waals surface area contributed by atoms with E-state index >= 15 is 0 Å². The molecule has 0 unspecified atom stereocenters. The zero-order valence-corrected chi connectivity index (χ0v) is 18.6. The van der Waals surface area contributed by atoms with Crippen LogP contribution in [0.5, 0.6) is 11.5 Å². The summed E-state index contributed by atoms with van der Waals surface area (Å²) in [5, 5.41) is 2.91.